The molecule has 3 aromatic carbocycles. The highest BCUT2D eigenvalue weighted by Gasteiger charge is 2.07. The first-order valence-electron chi connectivity index (χ1n) is 6.70. The number of fused-ring (bicyclic) bond motifs is 1. The Hall–Kier alpha value is -2.13. The Morgan fingerprint density at radius 3 is 2.48 bits per heavy atom. The first kappa shape index (κ1) is 13.8. The number of halogens is 1. The van der Waals surface area contributed by atoms with Crippen LogP contribution in [0.15, 0.2) is 65.1 Å². The predicted octanol–water partition coefficient (Wildman–Crippen LogP) is 5.16. The van der Waals surface area contributed by atoms with E-state index < -0.39 is 0 Å². The number of carbonyl (C=O) groups is 1. The molecule has 0 atom stereocenters. The van der Waals surface area contributed by atoms with Crippen molar-refractivity contribution in [2.45, 2.75) is 6.92 Å². The summed E-state index contributed by atoms with van der Waals surface area (Å²) in [5.74, 6) is -0.0949. The molecule has 21 heavy (non-hydrogen) atoms. The molecular formula is C18H14BrNO. The minimum Gasteiger partial charge on any atom is -0.322 e. The Bertz CT molecular complexity index is 826. The van der Waals surface area contributed by atoms with Crippen LogP contribution in [0.25, 0.3) is 10.8 Å². The van der Waals surface area contributed by atoms with Gasteiger partial charge in [0.15, 0.2) is 0 Å². The Kier molecular flexibility index (Phi) is 3.76. The Labute approximate surface area is 131 Å². The number of hydrogen-bond donors (Lipinski definition) is 1. The van der Waals surface area contributed by atoms with E-state index >= 15 is 0 Å². The van der Waals surface area contributed by atoms with E-state index in [1.807, 2.05) is 67.6 Å². The number of nitrogens with one attached hydrogen (secondary N) is 1. The van der Waals surface area contributed by atoms with E-state index in [9.17, 15) is 4.79 Å². The van der Waals surface area contributed by atoms with Crippen LogP contribution in [-0.4, -0.2) is 5.91 Å². The molecule has 0 bridgehead atoms. The molecule has 0 spiro atoms. The maximum absolute atomic E-state index is 12.3. The zero-order chi connectivity index (χ0) is 14.8. The van der Waals surface area contributed by atoms with E-state index in [1.165, 1.54) is 0 Å². The number of aryl methyl sites for hydroxylation is 1. The van der Waals surface area contributed by atoms with Crippen LogP contribution < -0.4 is 5.32 Å². The first-order chi connectivity index (χ1) is 10.1. The van der Waals surface area contributed by atoms with Crippen molar-refractivity contribution in [2.75, 3.05) is 5.32 Å². The molecule has 0 aliphatic rings. The summed E-state index contributed by atoms with van der Waals surface area (Å²) < 4.78 is 1.03. The zero-order valence-electron chi connectivity index (χ0n) is 11.6. The summed E-state index contributed by atoms with van der Waals surface area (Å²) in [4.78, 5) is 12.3. The van der Waals surface area contributed by atoms with Crippen molar-refractivity contribution in [3.8, 4) is 0 Å². The second kappa shape index (κ2) is 5.70. The highest BCUT2D eigenvalue weighted by Crippen LogP contribution is 2.21. The summed E-state index contributed by atoms with van der Waals surface area (Å²) >= 11 is 3.45. The van der Waals surface area contributed by atoms with E-state index in [1.54, 1.807) is 0 Å². The fourth-order valence-electron chi connectivity index (χ4n) is 2.26. The number of anilines is 1. The average molecular weight is 340 g/mol. The summed E-state index contributed by atoms with van der Waals surface area (Å²) in [6.07, 6.45) is 0. The molecule has 3 aromatic rings. The summed E-state index contributed by atoms with van der Waals surface area (Å²) in [6, 6.07) is 19.5. The number of carbonyl (C=O) groups excluding carboxylic acids is 1. The van der Waals surface area contributed by atoms with Crippen molar-refractivity contribution in [3.63, 3.8) is 0 Å². The highest BCUT2D eigenvalue weighted by atomic mass is 79.9. The first-order valence-corrected chi connectivity index (χ1v) is 7.49. The van der Waals surface area contributed by atoms with Crippen molar-refractivity contribution in [1.82, 2.24) is 0 Å². The SMILES string of the molecule is Cc1cc(NC(=O)c2ccc3ccccc3c2)ccc1Br. The maximum atomic E-state index is 12.3. The van der Waals surface area contributed by atoms with Crippen LogP contribution in [0.1, 0.15) is 15.9 Å². The van der Waals surface area contributed by atoms with Gasteiger partial charge in [-0.05, 0) is 53.6 Å². The summed E-state index contributed by atoms with van der Waals surface area (Å²) in [7, 11) is 0. The summed E-state index contributed by atoms with van der Waals surface area (Å²) in [5, 5.41) is 5.13. The lowest BCUT2D eigenvalue weighted by molar-refractivity contribution is 0.102. The molecule has 0 aliphatic heterocycles. The lowest BCUT2D eigenvalue weighted by Crippen LogP contribution is -2.11. The van der Waals surface area contributed by atoms with Crippen LogP contribution >= 0.6 is 15.9 Å². The Balaban J connectivity index is 1.87. The molecule has 0 saturated heterocycles. The minimum atomic E-state index is -0.0949. The van der Waals surface area contributed by atoms with E-state index in [0.29, 0.717) is 5.56 Å². The van der Waals surface area contributed by atoms with Gasteiger partial charge in [-0.25, -0.2) is 0 Å². The number of benzene rings is 3. The van der Waals surface area contributed by atoms with Gasteiger partial charge in [0.05, 0.1) is 0 Å². The fourth-order valence-corrected chi connectivity index (χ4v) is 2.50. The van der Waals surface area contributed by atoms with Crippen molar-refractivity contribution < 1.29 is 4.79 Å². The Morgan fingerprint density at radius 2 is 1.71 bits per heavy atom. The van der Waals surface area contributed by atoms with Crippen molar-refractivity contribution >= 4 is 38.3 Å². The molecule has 3 heteroatoms. The van der Waals surface area contributed by atoms with E-state index in [-0.39, 0.29) is 5.91 Å². The van der Waals surface area contributed by atoms with E-state index in [0.717, 1.165) is 26.5 Å². The molecule has 0 heterocycles. The normalized spacial score (nSPS) is 10.6. The molecular weight excluding hydrogens is 326 g/mol. The zero-order valence-corrected chi connectivity index (χ0v) is 13.1. The van der Waals surface area contributed by atoms with Crippen molar-refractivity contribution in [2.24, 2.45) is 0 Å². The minimum absolute atomic E-state index is 0.0949. The largest absolute Gasteiger partial charge is 0.322 e. The van der Waals surface area contributed by atoms with Gasteiger partial charge in [-0.15, -0.1) is 0 Å². The van der Waals surface area contributed by atoms with Crippen LogP contribution in [0.2, 0.25) is 0 Å². The van der Waals surface area contributed by atoms with E-state index in [2.05, 4.69) is 21.2 Å². The number of rotatable bonds is 2. The second-order valence-electron chi connectivity index (χ2n) is 4.98. The van der Waals surface area contributed by atoms with Crippen LogP contribution in [0.5, 0.6) is 0 Å². The maximum Gasteiger partial charge on any atom is 0.255 e. The molecule has 104 valence electrons. The quantitative estimate of drug-likeness (QED) is 0.686. The Morgan fingerprint density at radius 1 is 0.952 bits per heavy atom. The molecule has 0 fully saturated rings. The van der Waals surface area contributed by atoms with Gasteiger partial charge >= 0.3 is 0 Å². The van der Waals surface area contributed by atoms with E-state index in [4.69, 9.17) is 0 Å². The second-order valence-corrected chi connectivity index (χ2v) is 5.83. The van der Waals surface area contributed by atoms with Crippen molar-refractivity contribution in [1.29, 1.82) is 0 Å². The standard InChI is InChI=1S/C18H14BrNO/c1-12-10-16(8-9-17(12)19)20-18(21)15-7-6-13-4-2-3-5-14(13)11-15/h2-11H,1H3,(H,20,21). The topological polar surface area (TPSA) is 29.1 Å². The van der Waals surface area contributed by atoms with Gasteiger partial charge in [-0.1, -0.05) is 46.3 Å². The van der Waals surface area contributed by atoms with Gasteiger partial charge in [0, 0.05) is 15.7 Å². The lowest BCUT2D eigenvalue weighted by atomic mass is 10.1. The van der Waals surface area contributed by atoms with Crippen LogP contribution in [0, 0.1) is 6.92 Å². The third-order valence-electron chi connectivity index (χ3n) is 3.43. The third-order valence-corrected chi connectivity index (χ3v) is 4.32. The summed E-state index contributed by atoms with van der Waals surface area (Å²) in [6.45, 7) is 2.00. The fraction of sp³-hybridized carbons (Fsp3) is 0.0556. The molecule has 0 unspecified atom stereocenters. The molecule has 1 amide bonds. The molecule has 3 rings (SSSR count). The predicted molar refractivity (Wildman–Crippen MR) is 90.8 cm³/mol. The van der Waals surface area contributed by atoms with Gasteiger partial charge in [-0.2, -0.15) is 0 Å². The van der Waals surface area contributed by atoms with Gasteiger partial charge < -0.3 is 5.32 Å². The van der Waals surface area contributed by atoms with Gasteiger partial charge in [-0.3, -0.25) is 4.79 Å². The molecule has 2 nitrogen and oxygen atoms in total. The molecule has 0 aromatic heterocycles. The third kappa shape index (κ3) is 2.98. The van der Waals surface area contributed by atoms with Gasteiger partial charge in [0.25, 0.3) is 5.91 Å². The summed E-state index contributed by atoms with van der Waals surface area (Å²) in [5.41, 5.74) is 2.55. The van der Waals surface area contributed by atoms with Crippen LogP contribution in [-0.2, 0) is 0 Å². The van der Waals surface area contributed by atoms with Crippen LogP contribution in [0.4, 0.5) is 5.69 Å². The number of amides is 1. The number of hydrogen-bond acceptors (Lipinski definition) is 1. The molecule has 0 radical (unpaired) electrons. The smallest absolute Gasteiger partial charge is 0.255 e. The monoisotopic (exact) mass is 339 g/mol. The van der Waals surface area contributed by atoms with Crippen molar-refractivity contribution in [3.05, 3.63) is 76.3 Å². The molecule has 1 N–H and O–H groups in total. The highest BCUT2D eigenvalue weighted by molar-refractivity contribution is 9.10. The average Bonchev–Trinajstić information content (AvgIpc) is 2.50. The molecule has 0 aliphatic carbocycles. The molecule has 0 saturated carbocycles. The van der Waals surface area contributed by atoms with Gasteiger partial charge in [0.2, 0.25) is 0 Å². The lowest BCUT2D eigenvalue weighted by Gasteiger charge is -2.08. The van der Waals surface area contributed by atoms with Crippen LogP contribution in [0.3, 0.4) is 0 Å². The van der Waals surface area contributed by atoms with Gasteiger partial charge in [0.1, 0.15) is 0 Å².